The number of urea groups is 1. The lowest BCUT2D eigenvalue weighted by molar-refractivity contribution is -0.123. The molecule has 198 valence electrons. The van der Waals surface area contributed by atoms with Gasteiger partial charge in [-0.05, 0) is 48.2 Å². The van der Waals surface area contributed by atoms with Crippen molar-refractivity contribution in [2.45, 2.75) is 37.0 Å². The smallest absolute Gasteiger partial charge is 0.381 e. The molecule has 0 aromatic heterocycles. The number of nitrogens with one attached hydrogen (secondary N) is 3. The highest BCUT2D eigenvalue weighted by atomic mass is 19.4. The van der Waals surface area contributed by atoms with Gasteiger partial charge in [-0.1, -0.05) is 24.3 Å². The average Bonchev–Trinajstić information content (AvgIpc) is 3.52. The van der Waals surface area contributed by atoms with Gasteiger partial charge in [-0.3, -0.25) is 20.5 Å². The summed E-state index contributed by atoms with van der Waals surface area (Å²) in [6.07, 6.45) is -3.13. The number of hydrazine groups is 1. The van der Waals surface area contributed by atoms with Gasteiger partial charge in [0, 0.05) is 50.0 Å². The van der Waals surface area contributed by atoms with Crippen LogP contribution in [0.3, 0.4) is 0 Å². The van der Waals surface area contributed by atoms with Gasteiger partial charge in [0.05, 0.1) is 12.1 Å². The highest BCUT2D eigenvalue weighted by Gasteiger charge is 2.50. The summed E-state index contributed by atoms with van der Waals surface area (Å²) in [6, 6.07) is 14.4. The van der Waals surface area contributed by atoms with Gasteiger partial charge in [0.25, 0.3) is 5.91 Å². The third-order valence-electron chi connectivity index (χ3n) is 7.39. The molecule has 11 heteroatoms. The van der Waals surface area contributed by atoms with E-state index in [4.69, 9.17) is 4.74 Å². The Hall–Kier alpha value is -3.15. The molecule has 0 radical (unpaired) electrons. The quantitative estimate of drug-likeness (QED) is 0.548. The van der Waals surface area contributed by atoms with Crippen LogP contribution in [0.15, 0.2) is 48.5 Å². The number of hydrogen-bond donors (Lipinski definition) is 3. The van der Waals surface area contributed by atoms with E-state index in [0.29, 0.717) is 44.1 Å². The zero-order valence-electron chi connectivity index (χ0n) is 20.3. The number of halogens is 3. The second kappa shape index (κ2) is 10.3. The predicted octanol–water partition coefficient (Wildman–Crippen LogP) is 3.16. The minimum absolute atomic E-state index is 0.123. The second-order valence-corrected chi connectivity index (χ2v) is 9.84. The lowest BCUT2D eigenvalue weighted by Gasteiger charge is -2.40. The van der Waals surface area contributed by atoms with Crippen molar-refractivity contribution >= 4 is 17.6 Å². The van der Waals surface area contributed by atoms with E-state index in [0.717, 1.165) is 18.8 Å². The van der Waals surface area contributed by atoms with Gasteiger partial charge < -0.3 is 15.0 Å². The van der Waals surface area contributed by atoms with Crippen LogP contribution in [0.5, 0.6) is 0 Å². The topological polar surface area (TPSA) is 85.9 Å². The summed E-state index contributed by atoms with van der Waals surface area (Å²) < 4.78 is 43.2. The molecule has 0 bridgehead atoms. The van der Waals surface area contributed by atoms with Crippen LogP contribution in [0.4, 0.5) is 23.7 Å². The Morgan fingerprint density at radius 2 is 1.78 bits per heavy atom. The van der Waals surface area contributed by atoms with Crippen molar-refractivity contribution in [2.24, 2.45) is 0 Å². The molecular weight excluding hydrogens is 487 g/mol. The zero-order chi connectivity index (χ0) is 26.0. The molecule has 0 atom stereocenters. The normalized spacial score (nSPS) is 20.1. The number of benzene rings is 2. The number of carbonyl (C=O) groups excluding carboxylic acids is 2. The summed E-state index contributed by atoms with van der Waals surface area (Å²) in [4.78, 5) is 29.6. The van der Waals surface area contributed by atoms with Gasteiger partial charge >= 0.3 is 12.2 Å². The number of hydrogen-bond acceptors (Lipinski definition) is 5. The Kier molecular flexibility index (Phi) is 7.11. The van der Waals surface area contributed by atoms with Crippen molar-refractivity contribution in [2.75, 3.05) is 44.3 Å². The van der Waals surface area contributed by atoms with Crippen LogP contribution in [0.1, 0.15) is 40.2 Å². The van der Waals surface area contributed by atoms with E-state index in [2.05, 4.69) is 23.0 Å². The second-order valence-electron chi connectivity index (χ2n) is 9.84. The molecule has 3 saturated heterocycles. The molecule has 0 saturated carbocycles. The Morgan fingerprint density at radius 3 is 2.46 bits per heavy atom. The van der Waals surface area contributed by atoms with Crippen molar-refractivity contribution in [3.63, 3.8) is 0 Å². The molecule has 5 rings (SSSR count). The van der Waals surface area contributed by atoms with Crippen molar-refractivity contribution < 1.29 is 27.5 Å². The van der Waals surface area contributed by atoms with Crippen LogP contribution in [0.2, 0.25) is 0 Å². The van der Waals surface area contributed by atoms with Crippen molar-refractivity contribution in [1.29, 1.82) is 0 Å². The molecule has 2 aromatic carbocycles. The highest BCUT2D eigenvalue weighted by Crippen LogP contribution is 2.39. The number of rotatable bonds is 6. The maximum atomic E-state index is 13.7. The lowest BCUT2D eigenvalue weighted by atomic mass is 9.88. The van der Waals surface area contributed by atoms with E-state index in [1.165, 1.54) is 11.6 Å². The average molecular weight is 518 g/mol. The van der Waals surface area contributed by atoms with Crippen molar-refractivity contribution in [1.82, 2.24) is 21.1 Å². The van der Waals surface area contributed by atoms with E-state index >= 15 is 0 Å². The van der Waals surface area contributed by atoms with Crippen LogP contribution in [0.25, 0.3) is 0 Å². The third kappa shape index (κ3) is 5.58. The fourth-order valence-corrected chi connectivity index (χ4v) is 5.31. The fraction of sp³-hybridized carbons (Fsp3) is 0.462. The summed E-state index contributed by atoms with van der Waals surface area (Å²) in [5.41, 5.74) is 8.66. The molecular formula is C26H30F3N5O3. The summed E-state index contributed by atoms with van der Waals surface area (Å²) in [5, 5.41) is 1.90. The SMILES string of the molecule is O=C(NCC(F)(F)F)c1cccc(CN2C(=O)N(c3ccc(C4CNNC4)cc3)CC23CCOCC3)c1. The molecule has 1 spiro atoms. The molecule has 37 heavy (non-hydrogen) atoms. The summed E-state index contributed by atoms with van der Waals surface area (Å²) in [7, 11) is 0. The van der Waals surface area contributed by atoms with Crippen LogP contribution < -0.4 is 21.1 Å². The predicted molar refractivity (Wildman–Crippen MR) is 131 cm³/mol. The Morgan fingerprint density at radius 1 is 1.08 bits per heavy atom. The molecule has 3 aliphatic heterocycles. The molecule has 3 heterocycles. The number of carbonyl (C=O) groups is 2. The van der Waals surface area contributed by atoms with Crippen LogP contribution >= 0.6 is 0 Å². The van der Waals surface area contributed by atoms with Gasteiger partial charge in [0.15, 0.2) is 0 Å². The number of anilines is 1. The molecule has 3 aliphatic rings. The minimum Gasteiger partial charge on any atom is -0.381 e. The van der Waals surface area contributed by atoms with Crippen molar-refractivity contribution in [3.8, 4) is 0 Å². The molecule has 3 fully saturated rings. The molecule has 0 unspecified atom stereocenters. The fourth-order valence-electron chi connectivity index (χ4n) is 5.31. The van der Waals surface area contributed by atoms with Crippen LogP contribution in [-0.2, 0) is 11.3 Å². The minimum atomic E-state index is -4.49. The molecule has 3 amide bonds. The standard InChI is InChI=1S/C26H30F3N5O3/c27-26(28,29)16-30-23(35)20-3-1-2-18(12-20)15-34-24(36)33(17-25(34)8-10-37-11-9-25)22-6-4-19(5-7-22)21-13-31-32-14-21/h1-7,12,21,31-32H,8-11,13-17H2,(H,30,35). The Bertz CT molecular complexity index is 1130. The molecule has 3 N–H and O–H groups in total. The molecule has 8 nitrogen and oxygen atoms in total. The summed E-state index contributed by atoms with van der Waals surface area (Å²) in [6.45, 7) is 2.15. The maximum Gasteiger partial charge on any atom is 0.405 e. The first-order chi connectivity index (χ1) is 17.7. The number of alkyl halides is 3. The van der Waals surface area contributed by atoms with E-state index in [9.17, 15) is 22.8 Å². The van der Waals surface area contributed by atoms with Crippen LogP contribution in [0, 0.1) is 0 Å². The lowest BCUT2D eigenvalue weighted by Crippen LogP contribution is -2.50. The van der Waals surface area contributed by atoms with Gasteiger partial charge in [-0.15, -0.1) is 0 Å². The number of ether oxygens (including phenoxy) is 1. The monoisotopic (exact) mass is 517 g/mol. The first-order valence-electron chi connectivity index (χ1n) is 12.4. The van der Waals surface area contributed by atoms with E-state index in [-0.39, 0.29) is 18.1 Å². The molecule has 0 aliphatic carbocycles. The highest BCUT2D eigenvalue weighted by molar-refractivity contribution is 5.96. The van der Waals surface area contributed by atoms with Gasteiger partial charge in [0.1, 0.15) is 6.54 Å². The summed E-state index contributed by atoms with van der Waals surface area (Å²) in [5.74, 6) is -0.427. The zero-order valence-corrected chi connectivity index (χ0v) is 20.3. The largest absolute Gasteiger partial charge is 0.405 e. The van der Waals surface area contributed by atoms with Gasteiger partial charge in [-0.2, -0.15) is 13.2 Å². The van der Waals surface area contributed by atoms with Crippen molar-refractivity contribution in [3.05, 3.63) is 65.2 Å². The first-order valence-corrected chi connectivity index (χ1v) is 12.4. The number of nitrogens with zero attached hydrogens (tertiary/aromatic N) is 2. The van der Waals surface area contributed by atoms with Crippen LogP contribution in [-0.4, -0.2) is 67.9 Å². The first kappa shape index (κ1) is 25.5. The van der Waals surface area contributed by atoms with E-state index in [1.807, 2.05) is 22.3 Å². The summed E-state index contributed by atoms with van der Waals surface area (Å²) >= 11 is 0. The van der Waals surface area contributed by atoms with Gasteiger partial charge in [-0.25, -0.2) is 4.79 Å². The van der Waals surface area contributed by atoms with E-state index < -0.39 is 24.2 Å². The number of amides is 3. The third-order valence-corrected chi connectivity index (χ3v) is 7.39. The van der Waals surface area contributed by atoms with E-state index in [1.54, 1.807) is 23.1 Å². The van der Waals surface area contributed by atoms with Gasteiger partial charge in [0.2, 0.25) is 0 Å². The molecule has 2 aromatic rings. The Balaban J connectivity index is 1.35. The Labute approximate surface area is 213 Å². The maximum absolute atomic E-state index is 13.7.